The van der Waals surface area contributed by atoms with Gasteiger partial charge in [-0.25, -0.2) is 0 Å². The summed E-state index contributed by atoms with van der Waals surface area (Å²) in [6.45, 7) is 4.38. The molecule has 0 amide bonds. The first-order valence-electron chi connectivity index (χ1n) is 5.92. The lowest BCUT2D eigenvalue weighted by molar-refractivity contribution is 0.0397. The van der Waals surface area contributed by atoms with Crippen LogP contribution in [-0.4, -0.2) is 51.1 Å². The Morgan fingerprint density at radius 2 is 2.18 bits per heavy atom. The molecule has 2 unspecified atom stereocenters. The van der Waals surface area contributed by atoms with Crippen LogP contribution in [0, 0.1) is 0 Å². The summed E-state index contributed by atoms with van der Waals surface area (Å²) in [5, 5.41) is 0. The number of rotatable bonds is 5. The van der Waals surface area contributed by atoms with Crippen LogP contribution >= 0.6 is 0 Å². The Bertz CT molecular complexity index is 332. The first kappa shape index (κ1) is 14.8. The third-order valence-corrected chi connectivity index (χ3v) is 4.78. The molecule has 102 valence electrons. The minimum atomic E-state index is -3.43. The molecule has 0 bridgehead atoms. The molecule has 0 aromatic heterocycles. The lowest BCUT2D eigenvalue weighted by Crippen LogP contribution is -2.55. The van der Waals surface area contributed by atoms with Crippen molar-refractivity contribution in [3.8, 4) is 0 Å². The maximum atomic E-state index is 12.1. The van der Waals surface area contributed by atoms with E-state index >= 15 is 0 Å². The van der Waals surface area contributed by atoms with Crippen LogP contribution in [0.4, 0.5) is 0 Å². The van der Waals surface area contributed by atoms with Gasteiger partial charge in [-0.1, -0.05) is 0 Å². The Hall–Kier alpha value is -0.210. The van der Waals surface area contributed by atoms with E-state index in [-0.39, 0.29) is 18.2 Å². The zero-order chi connectivity index (χ0) is 13.1. The molecule has 0 aliphatic carbocycles. The second-order valence-electron chi connectivity index (χ2n) is 4.66. The van der Waals surface area contributed by atoms with Crippen LogP contribution in [0.3, 0.4) is 0 Å². The highest BCUT2D eigenvalue weighted by atomic mass is 32.2. The third-order valence-electron chi connectivity index (χ3n) is 2.91. The maximum absolute atomic E-state index is 12.1. The summed E-state index contributed by atoms with van der Waals surface area (Å²) in [5.41, 5.74) is 5.65. The number of ether oxygens (including phenoxy) is 1. The molecule has 0 aromatic carbocycles. The summed E-state index contributed by atoms with van der Waals surface area (Å²) in [7, 11) is -1.78. The Labute approximate surface area is 104 Å². The SMILES string of the molecule is COC1CCN(S(=O)(=O)NC(C)C)C(CN)C1. The fourth-order valence-corrected chi connectivity index (χ4v) is 3.74. The standard InChI is InChI=1S/C10H23N3O3S/c1-8(2)12-17(14,15)13-5-4-10(16-3)6-9(13)7-11/h8-10,12H,4-7,11H2,1-3H3. The van der Waals surface area contributed by atoms with Crippen molar-refractivity contribution in [1.29, 1.82) is 0 Å². The average molecular weight is 265 g/mol. The number of nitrogens with two attached hydrogens (primary N) is 1. The molecule has 1 aliphatic heterocycles. The zero-order valence-electron chi connectivity index (χ0n) is 10.7. The number of nitrogens with one attached hydrogen (secondary N) is 1. The monoisotopic (exact) mass is 265 g/mol. The van der Waals surface area contributed by atoms with Gasteiger partial charge in [-0.3, -0.25) is 0 Å². The second-order valence-corrected chi connectivity index (χ2v) is 6.31. The van der Waals surface area contributed by atoms with E-state index in [0.717, 1.165) is 0 Å². The van der Waals surface area contributed by atoms with Crippen LogP contribution in [0.5, 0.6) is 0 Å². The van der Waals surface area contributed by atoms with Crippen molar-refractivity contribution in [2.24, 2.45) is 5.73 Å². The topological polar surface area (TPSA) is 84.7 Å². The normalized spacial score (nSPS) is 27.6. The predicted octanol–water partition coefficient (Wildman–Crippen LogP) is -0.333. The Morgan fingerprint density at radius 1 is 1.53 bits per heavy atom. The van der Waals surface area contributed by atoms with Crippen LogP contribution in [0.25, 0.3) is 0 Å². The highest BCUT2D eigenvalue weighted by Gasteiger charge is 2.35. The molecule has 0 spiro atoms. The Balaban J connectivity index is 2.76. The third kappa shape index (κ3) is 3.89. The van der Waals surface area contributed by atoms with E-state index in [2.05, 4.69) is 4.72 Å². The van der Waals surface area contributed by atoms with Crippen molar-refractivity contribution in [2.45, 2.75) is 44.9 Å². The number of methoxy groups -OCH3 is 1. The molecule has 6 nitrogen and oxygen atoms in total. The van der Waals surface area contributed by atoms with E-state index in [0.29, 0.717) is 25.9 Å². The fourth-order valence-electron chi connectivity index (χ4n) is 2.10. The predicted molar refractivity (Wildman–Crippen MR) is 66.8 cm³/mol. The van der Waals surface area contributed by atoms with Gasteiger partial charge < -0.3 is 10.5 Å². The number of nitrogens with zero attached hydrogens (tertiary/aromatic N) is 1. The van der Waals surface area contributed by atoms with Gasteiger partial charge in [0.05, 0.1) is 6.10 Å². The number of hydrogen-bond donors (Lipinski definition) is 2. The van der Waals surface area contributed by atoms with E-state index in [1.165, 1.54) is 4.31 Å². The van der Waals surface area contributed by atoms with Crippen LogP contribution < -0.4 is 10.5 Å². The van der Waals surface area contributed by atoms with E-state index in [1.54, 1.807) is 21.0 Å². The molecule has 1 heterocycles. The minimum absolute atomic E-state index is 0.106. The van der Waals surface area contributed by atoms with Crippen molar-refractivity contribution in [3.63, 3.8) is 0 Å². The molecule has 0 aromatic rings. The molecular formula is C10H23N3O3S. The van der Waals surface area contributed by atoms with Crippen molar-refractivity contribution in [2.75, 3.05) is 20.2 Å². The number of piperidine rings is 1. The van der Waals surface area contributed by atoms with Gasteiger partial charge in [-0.05, 0) is 26.7 Å². The smallest absolute Gasteiger partial charge is 0.279 e. The van der Waals surface area contributed by atoms with Gasteiger partial charge in [0.15, 0.2) is 0 Å². The molecule has 1 fully saturated rings. The highest BCUT2D eigenvalue weighted by Crippen LogP contribution is 2.21. The first-order chi connectivity index (χ1) is 7.90. The summed E-state index contributed by atoms with van der Waals surface area (Å²) in [6.07, 6.45) is 1.48. The van der Waals surface area contributed by atoms with Crippen LogP contribution in [-0.2, 0) is 14.9 Å². The van der Waals surface area contributed by atoms with Crippen LogP contribution in [0.1, 0.15) is 26.7 Å². The molecule has 17 heavy (non-hydrogen) atoms. The first-order valence-corrected chi connectivity index (χ1v) is 7.36. The lowest BCUT2D eigenvalue weighted by Gasteiger charge is -2.37. The highest BCUT2D eigenvalue weighted by molar-refractivity contribution is 7.87. The van der Waals surface area contributed by atoms with E-state index < -0.39 is 10.2 Å². The average Bonchev–Trinajstić information content (AvgIpc) is 2.26. The molecule has 7 heteroatoms. The zero-order valence-corrected chi connectivity index (χ0v) is 11.5. The van der Waals surface area contributed by atoms with Crippen molar-refractivity contribution in [1.82, 2.24) is 9.03 Å². The van der Waals surface area contributed by atoms with Crippen LogP contribution in [0.15, 0.2) is 0 Å². The summed E-state index contributed by atoms with van der Waals surface area (Å²) < 4.78 is 33.5. The summed E-state index contributed by atoms with van der Waals surface area (Å²) in [5.74, 6) is 0. The van der Waals surface area contributed by atoms with Gasteiger partial charge in [-0.15, -0.1) is 0 Å². The number of hydrogen-bond acceptors (Lipinski definition) is 4. The Kier molecular flexibility index (Phi) is 5.33. The van der Waals surface area contributed by atoms with E-state index in [4.69, 9.17) is 10.5 Å². The molecular weight excluding hydrogens is 242 g/mol. The van der Waals surface area contributed by atoms with Gasteiger partial charge in [0.2, 0.25) is 0 Å². The van der Waals surface area contributed by atoms with Gasteiger partial charge in [0.1, 0.15) is 0 Å². The van der Waals surface area contributed by atoms with Crippen molar-refractivity contribution < 1.29 is 13.2 Å². The second kappa shape index (κ2) is 6.10. The molecule has 2 atom stereocenters. The largest absolute Gasteiger partial charge is 0.381 e. The summed E-state index contributed by atoms with van der Waals surface area (Å²) in [4.78, 5) is 0. The van der Waals surface area contributed by atoms with Gasteiger partial charge >= 0.3 is 0 Å². The Morgan fingerprint density at radius 3 is 2.65 bits per heavy atom. The molecule has 1 rings (SSSR count). The molecule has 1 aliphatic rings. The lowest BCUT2D eigenvalue weighted by atomic mass is 10.0. The van der Waals surface area contributed by atoms with E-state index in [1.807, 2.05) is 0 Å². The quantitative estimate of drug-likeness (QED) is 0.712. The summed E-state index contributed by atoms with van der Waals surface area (Å²) in [6, 6.07) is -0.288. The van der Waals surface area contributed by atoms with Gasteiger partial charge in [0, 0.05) is 32.3 Å². The van der Waals surface area contributed by atoms with Gasteiger partial charge in [0.25, 0.3) is 10.2 Å². The maximum Gasteiger partial charge on any atom is 0.279 e. The molecule has 3 N–H and O–H groups in total. The molecule has 0 radical (unpaired) electrons. The fraction of sp³-hybridized carbons (Fsp3) is 1.00. The molecule has 0 saturated carbocycles. The van der Waals surface area contributed by atoms with Gasteiger partial charge in [-0.2, -0.15) is 17.4 Å². The van der Waals surface area contributed by atoms with Crippen molar-refractivity contribution >= 4 is 10.2 Å². The van der Waals surface area contributed by atoms with Crippen LogP contribution in [0.2, 0.25) is 0 Å². The van der Waals surface area contributed by atoms with Crippen molar-refractivity contribution in [3.05, 3.63) is 0 Å². The summed E-state index contributed by atoms with van der Waals surface area (Å²) >= 11 is 0. The van der Waals surface area contributed by atoms with E-state index in [9.17, 15) is 8.42 Å². The minimum Gasteiger partial charge on any atom is -0.381 e. The molecule has 1 saturated heterocycles.